The van der Waals surface area contributed by atoms with E-state index in [1.165, 1.54) is 12.4 Å². The van der Waals surface area contributed by atoms with Gasteiger partial charge in [-0.25, -0.2) is 0 Å². The van der Waals surface area contributed by atoms with Crippen molar-refractivity contribution >= 4 is 23.4 Å². The van der Waals surface area contributed by atoms with E-state index in [9.17, 15) is 9.59 Å². The minimum atomic E-state index is -0.418. The summed E-state index contributed by atoms with van der Waals surface area (Å²) in [6, 6.07) is 1.93. The van der Waals surface area contributed by atoms with Crippen molar-refractivity contribution in [3.8, 4) is 0 Å². The lowest BCUT2D eigenvalue weighted by molar-refractivity contribution is -0.150. The van der Waals surface area contributed by atoms with Gasteiger partial charge in [0.05, 0.1) is 16.0 Å². The largest absolute Gasteiger partial charge is 0.381 e. The zero-order valence-electron chi connectivity index (χ0n) is 14.8. The van der Waals surface area contributed by atoms with E-state index in [0.29, 0.717) is 23.7 Å². The molecule has 6 nitrogen and oxygen atoms in total. The Morgan fingerprint density at radius 1 is 1.23 bits per heavy atom. The number of piperidine rings is 1. The molecule has 140 valence electrons. The average molecular weight is 378 g/mol. The monoisotopic (exact) mass is 377 g/mol. The molecule has 0 aromatic carbocycles. The smallest absolute Gasteiger partial charge is 0.255 e. The molecule has 3 aliphatic rings. The van der Waals surface area contributed by atoms with Crippen LogP contribution in [-0.4, -0.2) is 65.5 Å². The Bertz CT molecular complexity index is 707. The molecule has 0 aliphatic carbocycles. The van der Waals surface area contributed by atoms with E-state index in [1.807, 2.05) is 0 Å². The summed E-state index contributed by atoms with van der Waals surface area (Å²) < 4.78 is 5.44. The number of rotatable bonds is 2. The summed E-state index contributed by atoms with van der Waals surface area (Å²) in [7, 11) is 0. The maximum atomic E-state index is 13.3. The predicted octanol–water partition coefficient (Wildman–Crippen LogP) is 2.37. The number of halogens is 1. The van der Waals surface area contributed by atoms with Gasteiger partial charge in [0.2, 0.25) is 5.91 Å². The molecule has 0 N–H and O–H groups in total. The molecular formula is C19H24ClN3O3. The number of ether oxygens (including phenoxy) is 1. The first-order valence-electron chi connectivity index (χ1n) is 9.38. The van der Waals surface area contributed by atoms with Gasteiger partial charge in [0.1, 0.15) is 0 Å². The zero-order valence-corrected chi connectivity index (χ0v) is 15.6. The van der Waals surface area contributed by atoms with Gasteiger partial charge in [-0.05, 0) is 38.2 Å². The molecule has 4 rings (SSSR count). The van der Waals surface area contributed by atoms with Crippen LogP contribution < -0.4 is 0 Å². The number of nitrogens with zero attached hydrogens (tertiary/aromatic N) is 3. The van der Waals surface area contributed by atoms with Gasteiger partial charge in [-0.2, -0.15) is 0 Å². The van der Waals surface area contributed by atoms with E-state index < -0.39 is 5.41 Å². The maximum absolute atomic E-state index is 13.3. The third-order valence-electron chi connectivity index (χ3n) is 5.99. The molecule has 3 aliphatic heterocycles. The number of hydrogen-bond donors (Lipinski definition) is 0. The van der Waals surface area contributed by atoms with Crippen molar-refractivity contribution in [3.63, 3.8) is 0 Å². The van der Waals surface area contributed by atoms with Crippen molar-refractivity contribution in [2.75, 3.05) is 32.8 Å². The molecule has 0 unspecified atom stereocenters. The molecule has 1 atom stereocenters. The highest BCUT2D eigenvalue weighted by molar-refractivity contribution is 6.30. The third-order valence-corrected chi connectivity index (χ3v) is 6.20. The molecule has 0 radical (unpaired) electrons. The summed E-state index contributed by atoms with van der Waals surface area (Å²) in [6.45, 7) is 3.40. The fraction of sp³-hybridized carbons (Fsp3) is 0.632. The Hall–Kier alpha value is -1.66. The van der Waals surface area contributed by atoms with Gasteiger partial charge in [-0.3, -0.25) is 14.6 Å². The molecular weight excluding hydrogens is 354 g/mol. The fourth-order valence-electron chi connectivity index (χ4n) is 4.58. The number of hydrogen-bond acceptors (Lipinski definition) is 4. The molecule has 3 fully saturated rings. The topological polar surface area (TPSA) is 62.7 Å². The van der Waals surface area contributed by atoms with E-state index in [1.54, 1.807) is 11.0 Å². The van der Waals surface area contributed by atoms with Crippen LogP contribution in [0.1, 0.15) is 42.5 Å². The van der Waals surface area contributed by atoms with Crippen LogP contribution in [0.15, 0.2) is 18.5 Å². The van der Waals surface area contributed by atoms with Crippen LogP contribution in [-0.2, 0) is 9.53 Å². The predicted molar refractivity (Wildman–Crippen MR) is 97.0 cm³/mol. The van der Waals surface area contributed by atoms with Crippen LogP contribution >= 0.6 is 11.6 Å². The van der Waals surface area contributed by atoms with Crippen molar-refractivity contribution < 1.29 is 14.3 Å². The molecule has 1 spiro atoms. The molecule has 0 bridgehead atoms. The summed E-state index contributed by atoms with van der Waals surface area (Å²) in [6.07, 6.45) is 7.49. The lowest BCUT2D eigenvalue weighted by atomic mass is 9.77. The van der Waals surface area contributed by atoms with Gasteiger partial charge in [-0.1, -0.05) is 11.6 Å². The van der Waals surface area contributed by atoms with E-state index in [0.717, 1.165) is 51.9 Å². The third kappa shape index (κ3) is 3.21. The van der Waals surface area contributed by atoms with Crippen molar-refractivity contribution in [2.45, 2.75) is 38.1 Å². The molecule has 1 aromatic heterocycles. The number of aromatic nitrogens is 1. The Labute approximate surface area is 158 Å². The van der Waals surface area contributed by atoms with E-state index >= 15 is 0 Å². The number of carbonyl (C=O) groups excluding carboxylic acids is 2. The van der Waals surface area contributed by atoms with Gasteiger partial charge < -0.3 is 14.5 Å². The zero-order chi connectivity index (χ0) is 18.1. The molecule has 2 amide bonds. The Morgan fingerprint density at radius 3 is 2.81 bits per heavy atom. The van der Waals surface area contributed by atoms with Crippen LogP contribution in [0, 0.1) is 5.41 Å². The van der Waals surface area contributed by atoms with Crippen molar-refractivity contribution in [1.29, 1.82) is 0 Å². The van der Waals surface area contributed by atoms with E-state index in [-0.39, 0.29) is 17.9 Å². The van der Waals surface area contributed by atoms with Gasteiger partial charge in [0.15, 0.2) is 0 Å². The Balaban J connectivity index is 1.49. The Kier molecular flexibility index (Phi) is 4.88. The van der Waals surface area contributed by atoms with Crippen LogP contribution in [0.25, 0.3) is 0 Å². The standard InChI is InChI=1S/C19H24ClN3O3/c20-15-10-14(11-21-12-15)17(24)22-7-5-19(13-22)4-1-6-23(18(19)25)16-2-8-26-9-3-16/h10-12,16H,1-9,13H2/t19-/m0/s1. The first-order valence-corrected chi connectivity index (χ1v) is 9.75. The molecule has 4 heterocycles. The minimum Gasteiger partial charge on any atom is -0.381 e. The van der Waals surface area contributed by atoms with E-state index in [4.69, 9.17) is 16.3 Å². The number of likely N-dealkylation sites (tertiary alicyclic amines) is 2. The van der Waals surface area contributed by atoms with Gasteiger partial charge in [0.25, 0.3) is 5.91 Å². The molecule has 26 heavy (non-hydrogen) atoms. The average Bonchev–Trinajstić information content (AvgIpc) is 3.09. The van der Waals surface area contributed by atoms with Crippen LogP contribution in [0.5, 0.6) is 0 Å². The highest BCUT2D eigenvalue weighted by atomic mass is 35.5. The van der Waals surface area contributed by atoms with Crippen LogP contribution in [0.2, 0.25) is 5.02 Å². The second-order valence-electron chi connectivity index (χ2n) is 7.59. The van der Waals surface area contributed by atoms with Gasteiger partial charge in [0, 0.05) is 51.3 Å². The second-order valence-corrected chi connectivity index (χ2v) is 8.03. The second kappa shape index (κ2) is 7.16. The van der Waals surface area contributed by atoms with Crippen molar-refractivity contribution in [2.24, 2.45) is 5.41 Å². The van der Waals surface area contributed by atoms with Gasteiger partial charge in [-0.15, -0.1) is 0 Å². The number of amides is 2. The summed E-state index contributed by atoms with van der Waals surface area (Å²) in [5.74, 6) is 0.142. The highest BCUT2D eigenvalue weighted by Gasteiger charge is 2.50. The van der Waals surface area contributed by atoms with Crippen LogP contribution in [0.4, 0.5) is 0 Å². The van der Waals surface area contributed by atoms with Gasteiger partial charge >= 0.3 is 0 Å². The molecule has 1 aromatic rings. The summed E-state index contributed by atoms with van der Waals surface area (Å²) >= 11 is 5.96. The van der Waals surface area contributed by atoms with E-state index in [2.05, 4.69) is 9.88 Å². The first kappa shape index (κ1) is 17.7. The molecule has 7 heteroatoms. The SMILES string of the molecule is O=C(c1cncc(Cl)c1)N1CC[C@@]2(CCCN(C3CCOCC3)C2=O)C1. The van der Waals surface area contributed by atoms with Crippen molar-refractivity contribution in [3.05, 3.63) is 29.0 Å². The lowest BCUT2D eigenvalue weighted by Crippen LogP contribution is -2.55. The normalized spacial score (nSPS) is 27.3. The molecule has 3 saturated heterocycles. The molecule has 0 saturated carbocycles. The van der Waals surface area contributed by atoms with Crippen molar-refractivity contribution in [1.82, 2.24) is 14.8 Å². The number of pyridine rings is 1. The summed E-state index contributed by atoms with van der Waals surface area (Å²) in [5, 5.41) is 0.448. The lowest BCUT2D eigenvalue weighted by Gasteiger charge is -2.44. The maximum Gasteiger partial charge on any atom is 0.255 e. The fourth-order valence-corrected chi connectivity index (χ4v) is 4.76. The summed E-state index contributed by atoms with van der Waals surface area (Å²) in [5.41, 5.74) is 0.0668. The quantitative estimate of drug-likeness (QED) is 0.793. The summed E-state index contributed by atoms with van der Waals surface area (Å²) in [4.78, 5) is 34.0. The minimum absolute atomic E-state index is 0.0899. The highest BCUT2D eigenvalue weighted by Crippen LogP contribution is 2.41. The number of carbonyl (C=O) groups is 2. The van der Waals surface area contributed by atoms with Crippen LogP contribution in [0.3, 0.4) is 0 Å². The first-order chi connectivity index (χ1) is 12.6. The Morgan fingerprint density at radius 2 is 2.04 bits per heavy atom.